The standard InChI is InChI=1S/C11H14N2O5S/c1-12-10(14)8-18-11(15)7-13-19(16,17)9-5-3-2-4-6-9/h2-6,13H,7-8H2,1H3,(H,12,14). The van der Waals surface area contributed by atoms with E-state index in [4.69, 9.17) is 0 Å². The van der Waals surface area contributed by atoms with Crippen LogP contribution >= 0.6 is 0 Å². The van der Waals surface area contributed by atoms with Crippen molar-refractivity contribution in [2.24, 2.45) is 0 Å². The SMILES string of the molecule is CNC(=O)COC(=O)CNS(=O)(=O)c1ccccc1. The number of carbonyl (C=O) groups is 2. The van der Waals surface area contributed by atoms with Gasteiger partial charge in [0, 0.05) is 7.05 Å². The molecule has 104 valence electrons. The molecule has 1 aromatic carbocycles. The maximum absolute atomic E-state index is 11.7. The molecular formula is C11H14N2O5S. The number of ether oxygens (including phenoxy) is 1. The molecule has 0 heterocycles. The molecular weight excluding hydrogens is 272 g/mol. The summed E-state index contributed by atoms with van der Waals surface area (Å²) in [7, 11) is -2.35. The number of amides is 1. The number of likely N-dealkylation sites (N-methyl/N-ethyl adjacent to an activating group) is 1. The highest BCUT2D eigenvalue weighted by atomic mass is 32.2. The van der Waals surface area contributed by atoms with Crippen LogP contribution in [0, 0.1) is 0 Å². The zero-order valence-corrected chi connectivity index (χ0v) is 11.1. The minimum atomic E-state index is -3.75. The summed E-state index contributed by atoms with van der Waals surface area (Å²) in [4.78, 5) is 22.1. The van der Waals surface area contributed by atoms with Crippen molar-refractivity contribution < 1.29 is 22.7 Å². The van der Waals surface area contributed by atoms with Crippen LogP contribution in [0.15, 0.2) is 35.2 Å². The predicted molar refractivity (Wildman–Crippen MR) is 66.7 cm³/mol. The fourth-order valence-corrected chi connectivity index (χ4v) is 2.10. The summed E-state index contributed by atoms with van der Waals surface area (Å²) in [6.45, 7) is -0.976. The van der Waals surface area contributed by atoms with Gasteiger partial charge < -0.3 is 10.1 Å². The lowest BCUT2D eigenvalue weighted by Gasteiger charge is -2.06. The van der Waals surface area contributed by atoms with Crippen LogP contribution in [0.4, 0.5) is 0 Å². The summed E-state index contributed by atoms with van der Waals surface area (Å²) in [6, 6.07) is 7.62. The highest BCUT2D eigenvalue weighted by Crippen LogP contribution is 2.06. The number of benzene rings is 1. The summed E-state index contributed by atoms with van der Waals surface area (Å²) in [5, 5.41) is 2.26. The van der Waals surface area contributed by atoms with Crippen LogP contribution in [-0.2, 0) is 24.3 Å². The van der Waals surface area contributed by atoms with Crippen LogP contribution in [0.3, 0.4) is 0 Å². The van der Waals surface area contributed by atoms with Crippen molar-refractivity contribution in [2.45, 2.75) is 4.90 Å². The van der Waals surface area contributed by atoms with Gasteiger partial charge in [0.05, 0.1) is 4.90 Å². The molecule has 8 heteroatoms. The van der Waals surface area contributed by atoms with E-state index in [1.54, 1.807) is 18.2 Å². The fraction of sp³-hybridized carbons (Fsp3) is 0.273. The Morgan fingerprint density at radius 2 is 1.84 bits per heavy atom. The molecule has 0 unspecified atom stereocenters. The van der Waals surface area contributed by atoms with Gasteiger partial charge in [-0.25, -0.2) is 8.42 Å². The normalized spacial score (nSPS) is 10.8. The number of hydrogen-bond acceptors (Lipinski definition) is 5. The van der Waals surface area contributed by atoms with Gasteiger partial charge in [-0.15, -0.1) is 0 Å². The van der Waals surface area contributed by atoms with E-state index in [-0.39, 0.29) is 4.90 Å². The van der Waals surface area contributed by atoms with E-state index in [0.717, 1.165) is 0 Å². The van der Waals surface area contributed by atoms with Crippen molar-refractivity contribution in [1.82, 2.24) is 10.0 Å². The van der Waals surface area contributed by atoms with Crippen molar-refractivity contribution in [3.63, 3.8) is 0 Å². The van der Waals surface area contributed by atoms with E-state index in [2.05, 4.69) is 14.8 Å². The van der Waals surface area contributed by atoms with E-state index in [1.165, 1.54) is 19.2 Å². The number of hydrogen-bond donors (Lipinski definition) is 2. The summed E-state index contributed by atoms with van der Waals surface area (Å²) < 4.78 is 30.1. The van der Waals surface area contributed by atoms with E-state index in [0.29, 0.717) is 0 Å². The van der Waals surface area contributed by atoms with E-state index >= 15 is 0 Å². The summed E-state index contributed by atoms with van der Waals surface area (Å²) >= 11 is 0. The topological polar surface area (TPSA) is 102 Å². The monoisotopic (exact) mass is 286 g/mol. The summed E-state index contributed by atoms with van der Waals surface area (Å²) in [5.41, 5.74) is 0. The molecule has 0 aromatic heterocycles. The van der Waals surface area contributed by atoms with E-state index in [9.17, 15) is 18.0 Å². The maximum atomic E-state index is 11.7. The Bertz CT molecular complexity index is 541. The van der Waals surface area contributed by atoms with Crippen LogP contribution in [0.2, 0.25) is 0 Å². The van der Waals surface area contributed by atoms with Gasteiger partial charge in [-0.3, -0.25) is 9.59 Å². The van der Waals surface area contributed by atoms with Crippen molar-refractivity contribution in [3.8, 4) is 0 Å². The lowest BCUT2D eigenvalue weighted by Crippen LogP contribution is -2.33. The first-order valence-corrected chi connectivity index (χ1v) is 6.85. The molecule has 0 saturated carbocycles. The summed E-state index contributed by atoms with van der Waals surface area (Å²) in [6.07, 6.45) is 0. The predicted octanol–water partition coefficient (Wildman–Crippen LogP) is -0.746. The van der Waals surface area contributed by atoms with Crippen LogP contribution in [0.25, 0.3) is 0 Å². The zero-order chi connectivity index (χ0) is 14.3. The maximum Gasteiger partial charge on any atom is 0.321 e. The Morgan fingerprint density at radius 1 is 1.21 bits per heavy atom. The minimum absolute atomic E-state index is 0.0501. The molecule has 0 aliphatic carbocycles. The van der Waals surface area contributed by atoms with Crippen LogP contribution in [-0.4, -0.2) is 40.5 Å². The second-order valence-electron chi connectivity index (χ2n) is 3.47. The molecule has 0 spiro atoms. The Morgan fingerprint density at radius 3 is 2.42 bits per heavy atom. The van der Waals surface area contributed by atoms with Crippen molar-refractivity contribution in [2.75, 3.05) is 20.2 Å². The highest BCUT2D eigenvalue weighted by Gasteiger charge is 2.15. The molecule has 0 aliphatic rings. The number of nitrogens with one attached hydrogen (secondary N) is 2. The van der Waals surface area contributed by atoms with Gasteiger partial charge in [-0.05, 0) is 12.1 Å². The quantitative estimate of drug-likeness (QED) is 0.670. The second-order valence-corrected chi connectivity index (χ2v) is 5.24. The van der Waals surface area contributed by atoms with E-state index < -0.39 is 35.1 Å². The Kier molecular flexibility index (Phi) is 5.46. The van der Waals surface area contributed by atoms with Gasteiger partial charge in [-0.2, -0.15) is 4.72 Å². The molecule has 0 bridgehead atoms. The van der Waals surface area contributed by atoms with Crippen LogP contribution < -0.4 is 10.0 Å². The second kappa shape index (κ2) is 6.86. The lowest BCUT2D eigenvalue weighted by atomic mass is 10.4. The van der Waals surface area contributed by atoms with Gasteiger partial charge in [0.25, 0.3) is 5.91 Å². The van der Waals surface area contributed by atoms with E-state index in [1.807, 2.05) is 0 Å². The van der Waals surface area contributed by atoms with Gasteiger partial charge in [0.1, 0.15) is 6.54 Å². The van der Waals surface area contributed by atoms with Crippen molar-refractivity contribution in [1.29, 1.82) is 0 Å². The Labute approximate surface area is 111 Å². The van der Waals surface area contributed by atoms with Crippen LogP contribution in [0.5, 0.6) is 0 Å². The summed E-state index contributed by atoms with van der Waals surface area (Å²) in [5.74, 6) is -1.30. The number of sulfonamides is 1. The molecule has 19 heavy (non-hydrogen) atoms. The lowest BCUT2D eigenvalue weighted by molar-refractivity contribution is -0.147. The molecule has 7 nitrogen and oxygen atoms in total. The van der Waals surface area contributed by atoms with Gasteiger partial charge in [-0.1, -0.05) is 18.2 Å². The fourth-order valence-electron chi connectivity index (χ4n) is 1.11. The third-order valence-electron chi connectivity index (χ3n) is 2.10. The Hall–Kier alpha value is -1.93. The smallest absolute Gasteiger partial charge is 0.321 e. The molecule has 0 aliphatic heterocycles. The molecule has 0 saturated heterocycles. The molecule has 1 aromatic rings. The molecule has 0 atom stereocenters. The molecule has 0 fully saturated rings. The molecule has 0 radical (unpaired) electrons. The van der Waals surface area contributed by atoms with Crippen molar-refractivity contribution >= 4 is 21.9 Å². The molecule has 2 N–H and O–H groups in total. The minimum Gasteiger partial charge on any atom is -0.455 e. The van der Waals surface area contributed by atoms with Gasteiger partial charge >= 0.3 is 5.97 Å². The Balaban J connectivity index is 2.48. The molecule has 1 amide bonds. The van der Waals surface area contributed by atoms with Crippen LogP contribution in [0.1, 0.15) is 0 Å². The average Bonchev–Trinajstić information content (AvgIpc) is 2.43. The number of esters is 1. The first-order valence-electron chi connectivity index (χ1n) is 5.36. The largest absolute Gasteiger partial charge is 0.455 e. The number of rotatable bonds is 6. The first kappa shape index (κ1) is 15.1. The first-order chi connectivity index (χ1) is 8.95. The third kappa shape index (κ3) is 5.06. The van der Waals surface area contributed by atoms with Crippen molar-refractivity contribution in [3.05, 3.63) is 30.3 Å². The van der Waals surface area contributed by atoms with Gasteiger partial charge in [0.15, 0.2) is 6.61 Å². The zero-order valence-electron chi connectivity index (χ0n) is 10.3. The highest BCUT2D eigenvalue weighted by molar-refractivity contribution is 7.89. The average molecular weight is 286 g/mol. The van der Waals surface area contributed by atoms with Gasteiger partial charge in [0.2, 0.25) is 10.0 Å². The molecule has 1 rings (SSSR count). The number of carbonyl (C=O) groups excluding carboxylic acids is 2. The third-order valence-corrected chi connectivity index (χ3v) is 3.52.